The summed E-state index contributed by atoms with van der Waals surface area (Å²) in [5.74, 6) is 1.50. The molecule has 0 unspecified atom stereocenters. The number of rotatable bonds is 3. The quantitative estimate of drug-likeness (QED) is 0.812. The lowest BCUT2D eigenvalue weighted by molar-refractivity contribution is -0.123. The lowest BCUT2D eigenvalue weighted by atomic mass is 9.80. The van der Waals surface area contributed by atoms with Gasteiger partial charge < -0.3 is 5.73 Å². The number of nitrogens with two attached hydrogens (primary N) is 1. The molecule has 0 saturated heterocycles. The lowest BCUT2D eigenvalue weighted by Crippen LogP contribution is -2.22. The average molecular weight is 231 g/mol. The zero-order chi connectivity index (χ0) is 12.3. The van der Waals surface area contributed by atoms with Gasteiger partial charge in [-0.3, -0.25) is 4.79 Å². The Morgan fingerprint density at radius 3 is 2.35 bits per heavy atom. The molecule has 0 heterocycles. The van der Waals surface area contributed by atoms with Gasteiger partial charge in [0.15, 0.2) is 0 Å². The number of anilines is 1. The van der Waals surface area contributed by atoms with Crippen LogP contribution in [0.25, 0.3) is 0 Å². The van der Waals surface area contributed by atoms with E-state index in [-0.39, 0.29) is 0 Å². The Morgan fingerprint density at radius 1 is 1.18 bits per heavy atom. The molecule has 0 aromatic heterocycles. The van der Waals surface area contributed by atoms with Crippen molar-refractivity contribution in [3.05, 3.63) is 29.8 Å². The standard InChI is InChI=1S/C15H21NO/c1-11-2-6-13(7-3-11)15(17)10-12-4-8-14(16)9-5-12/h4-5,8-9,11,13H,2-3,6-7,10,16H2,1H3. The monoisotopic (exact) mass is 231 g/mol. The largest absolute Gasteiger partial charge is 0.399 e. The van der Waals surface area contributed by atoms with Crippen LogP contribution < -0.4 is 5.73 Å². The summed E-state index contributed by atoms with van der Waals surface area (Å²) in [6, 6.07) is 7.65. The Labute approximate surface area is 103 Å². The number of ketones is 1. The van der Waals surface area contributed by atoms with Gasteiger partial charge in [0, 0.05) is 18.0 Å². The van der Waals surface area contributed by atoms with Crippen molar-refractivity contribution in [1.29, 1.82) is 0 Å². The first-order valence-electron chi connectivity index (χ1n) is 6.52. The summed E-state index contributed by atoms with van der Waals surface area (Å²) in [5, 5.41) is 0. The molecule has 0 spiro atoms. The van der Waals surface area contributed by atoms with E-state index in [1.165, 1.54) is 12.8 Å². The molecule has 1 aromatic rings. The Hall–Kier alpha value is -1.31. The third-order valence-corrected chi connectivity index (χ3v) is 3.83. The molecule has 0 atom stereocenters. The minimum absolute atomic E-state index is 0.295. The molecule has 0 amide bonds. The predicted molar refractivity (Wildman–Crippen MR) is 70.7 cm³/mol. The molecule has 0 radical (unpaired) electrons. The van der Waals surface area contributed by atoms with E-state index < -0.39 is 0 Å². The summed E-state index contributed by atoms with van der Waals surface area (Å²) in [6.45, 7) is 2.28. The van der Waals surface area contributed by atoms with Crippen molar-refractivity contribution in [2.75, 3.05) is 5.73 Å². The number of hydrogen-bond acceptors (Lipinski definition) is 2. The van der Waals surface area contributed by atoms with Crippen LogP contribution in [0, 0.1) is 11.8 Å². The molecule has 17 heavy (non-hydrogen) atoms. The van der Waals surface area contributed by atoms with Gasteiger partial charge in [0.2, 0.25) is 0 Å². The third kappa shape index (κ3) is 3.32. The zero-order valence-electron chi connectivity index (χ0n) is 10.5. The lowest BCUT2D eigenvalue weighted by Gasteiger charge is -2.25. The van der Waals surface area contributed by atoms with Crippen molar-refractivity contribution in [2.45, 2.75) is 39.0 Å². The minimum Gasteiger partial charge on any atom is -0.399 e. The van der Waals surface area contributed by atoms with E-state index in [4.69, 9.17) is 5.73 Å². The highest BCUT2D eigenvalue weighted by Crippen LogP contribution is 2.29. The van der Waals surface area contributed by atoms with Gasteiger partial charge in [0.1, 0.15) is 5.78 Å². The smallest absolute Gasteiger partial charge is 0.140 e. The molecule has 1 aromatic carbocycles. The van der Waals surface area contributed by atoms with Crippen LogP contribution in [0.1, 0.15) is 38.2 Å². The zero-order valence-corrected chi connectivity index (χ0v) is 10.5. The van der Waals surface area contributed by atoms with Crippen LogP contribution in [0.2, 0.25) is 0 Å². The fraction of sp³-hybridized carbons (Fsp3) is 0.533. The number of benzene rings is 1. The summed E-state index contributed by atoms with van der Waals surface area (Å²) in [6.07, 6.45) is 5.14. The molecule has 2 rings (SSSR count). The maximum Gasteiger partial charge on any atom is 0.140 e. The number of carbonyl (C=O) groups is 1. The SMILES string of the molecule is CC1CCC(C(=O)Cc2ccc(N)cc2)CC1. The first-order chi connectivity index (χ1) is 8.15. The molecule has 2 N–H and O–H groups in total. The second kappa shape index (κ2) is 5.35. The van der Waals surface area contributed by atoms with Gasteiger partial charge in [-0.1, -0.05) is 31.9 Å². The van der Waals surface area contributed by atoms with E-state index in [0.717, 1.165) is 30.0 Å². The predicted octanol–water partition coefficient (Wildman–Crippen LogP) is 3.21. The molecular formula is C15H21NO. The van der Waals surface area contributed by atoms with Gasteiger partial charge in [-0.15, -0.1) is 0 Å². The number of Topliss-reactive ketones (excluding diaryl/α,β-unsaturated/α-hetero) is 1. The molecule has 92 valence electrons. The van der Waals surface area contributed by atoms with Crippen LogP contribution in [0.5, 0.6) is 0 Å². The molecule has 0 aliphatic heterocycles. The topological polar surface area (TPSA) is 43.1 Å². The Bertz CT molecular complexity index is 374. The van der Waals surface area contributed by atoms with Gasteiger partial charge >= 0.3 is 0 Å². The van der Waals surface area contributed by atoms with Gasteiger partial charge in [-0.25, -0.2) is 0 Å². The summed E-state index contributed by atoms with van der Waals surface area (Å²) in [7, 11) is 0. The van der Waals surface area contributed by atoms with E-state index >= 15 is 0 Å². The fourth-order valence-corrected chi connectivity index (χ4v) is 2.56. The molecule has 2 nitrogen and oxygen atoms in total. The van der Waals surface area contributed by atoms with Gasteiger partial charge in [-0.05, 0) is 36.5 Å². The molecular weight excluding hydrogens is 210 g/mol. The highest BCUT2D eigenvalue weighted by Gasteiger charge is 2.23. The van der Waals surface area contributed by atoms with Crippen LogP contribution in [0.4, 0.5) is 5.69 Å². The normalized spacial score (nSPS) is 24.5. The number of nitrogen functional groups attached to an aromatic ring is 1. The van der Waals surface area contributed by atoms with Gasteiger partial charge in [0.05, 0.1) is 0 Å². The van der Waals surface area contributed by atoms with E-state index in [1.54, 1.807) is 0 Å². The Kier molecular flexibility index (Phi) is 3.82. The summed E-state index contributed by atoms with van der Waals surface area (Å²) >= 11 is 0. The second-order valence-electron chi connectivity index (χ2n) is 5.34. The van der Waals surface area contributed by atoms with E-state index in [0.29, 0.717) is 18.1 Å². The van der Waals surface area contributed by atoms with Gasteiger partial charge in [0.25, 0.3) is 0 Å². The summed E-state index contributed by atoms with van der Waals surface area (Å²) in [5.41, 5.74) is 7.47. The Morgan fingerprint density at radius 2 is 1.76 bits per heavy atom. The molecule has 1 fully saturated rings. The molecule has 1 aliphatic carbocycles. The van der Waals surface area contributed by atoms with E-state index in [9.17, 15) is 4.79 Å². The maximum absolute atomic E-state index is 12.1. The molecule has 2 heteroatoms. The van der Waals surface area contributed by atoms with Crippen molar-refractivity contribution in [2.24, 2.45) is 11.8 Å². The van der Waals surface area contributed by atoms with Crippen molar-refractivity contribution in [1.82, 2.24) is 0 Å². The third-order valence-electron chi connectivity index (χ3n) is 3.83. The molecule has 1 saturated carbocycles. The Balaban J connectivity index is 1.90. The van der Waals surface area contributed by atoms with E-state index in [1.807, 2.05) is 24.3 Å². The summed E-state index contributed by atoms with van der Waals surface area (Å²) < 4.78 is 0. The van der Waals surface area contributed by atoms with Crippen molar-refractivity contribution in [3.63, 3.8) is 0 Å². The maximum atomic E-state index is 12.1. The fourth-order valence-electron chi connectivity index (χ4n) is 2.56. The van der Waals surface area contributed by atoms with Crippen molar-refractivity contribution in [3.8, 4) is 0 Å². The van der Waals surface area contributed by atoms with Crippen LogP contribution in [0.15, 0.2) is 24.3 Å². The average Bonchev–Trinajstić information content (AvgIpc) is 2.33. The highest BCUT2D eigenvalue weighted by atomic mass is 16.1. The molecule has 0 bridgehead atoms. The van der Waals surface area contributed by atoms with Crippen LogP contribution in [0.3, 0.4) is 0 Å². The van der Waals surface area contributed by atoms with Crippen molar-refractivity contribution >= 4 is 11.5 Å². The number of hydrogen-bond donors (Lipinski definition) is 1. The number of carbonyl (C=O) groups excluding carboxylic acids is 1. The first kappa shape index (κ1) is 12.2. The molecule has 1 aliphatic rings. The second-order valence-corrected chi connectivity index (χ2v) is 5.34. The summed E-state index contributed by atoms with van der Waals surface area (Å²) in [4.78, 5) is 12.1. The van der Waals surface area contributed by atoms with Crippen LogP contribution in [-0.2, 0) is 11.2 Å². The highest BCUT2D eigenvalue weighted by molar-refractivity contribution is 5.83. The van der Waals surface area contributed by atoms with E-state index in [2.05, 4.69) is 6.92 Å². The van der Waals surface area contributed by atoms with Crippen LogP contribution in [-0.4, -0.2) is 5.78 Å². The minimum atomic E-state index is 0.295. The van der Waals surface area contributed by atoms with Crippen LogP contribution >= 0.6 is 0 Å². The van der Waals surface area contributed by atoms with Crippen molar-refractivity contribution < 1.29 is 4.79 Å². The first-order valence-corrected chi connectivity index (χ1v) is 6.52. The van der Waals surface area contributed by atoms with Gasteiger partial charge in [-0.2, -0.15) is 0 Å².